The molecular weight excluding hydrogens is 304 g/mol. The summed E-state index contributed by atoms with van der Waals surface area (Å²) in [6.07, 6.45) is 4.70. The van der Waals surface area contributed by atoms with Crippen molar-refractivity contribution in [3.05, 3.63) is 52.9 Å². The minimum Gasteiger partial charge on any atom is -0.493 e. The molecule has 1 aromatic carbocycles. The molecule has 0 saturated carbocycles. The van der Waals surface area contributed by atoms with E-state index in [4.69, 9.17) is 9.47 Å². The Morgan fingerprint density at radius 1 is 1.12 bits per heavy atom. The van der Waals surface area contributed by atoms with E-state index < -0.39 is 0 Å². The number of nitrogens with zero attached hydrogens (tertiary/aromatic N) is 2. The third-order valence-electron chi connectivity index (χ3n) is 3.48. The Labute approximate surface area is 142 Å². The lowest BCUT2D eigenvalue weighted by molar-refractivity contribution is 0.111. The molecule has 0 aliphatic rings. The number of hydrogen-bond donors (Lipinski definition) is 0. The van der Waals surface area contributed by atoms with Crippen molar-refractivity contribution in [2.24, 2.45) is 0 Å². The number of ether oxygens (including phenoxy) is 2. The quantitative estimate of drug-likeness (QED) is 0.595. The number of aryl methyl sites for hydroxylation is 1. The van der Waals surface area contributed by atoms with Crippen LogP contribution in [0.1, 0.15) is 35.6 Å². The van der Waals surface area contributed by atoms with Crippen LogP contribution in [0.4, 0.5) is 0 Å². The van der Waals surface area contributed by atoms with Crippen molar-refractivity contribution in [3.8, 4) is 11.5 Å². The van der Waals surface area contributed by atoms with Crippen LogP contribution in [0.5, 0.6) is 11.5 Å². The number of aromatic nitrogens is 2. The molecule has 24 heavy (non-hydrogen) atoms. The van der Waals surface area contributed by atoms with E-state index in [0.717, 1.165) is 28.7 Å². The van der Waals surface area contributed by atoms with Gasteiger partial charge in [-0.2, -0.15) is 5.10 Å². The Kier molecular flexibility index (Phi) is 5.58. The highest BCUT2D eigenvalue weighted by atomic mass is 16.5. The lowest BCUT2D eigenvalue weighted by atomic mass is 10.0. The van der Waals surface area contributed by atoms with Crippen molar-refractivity contribution >= 4 is 18.1 Å². The van der Waals surface area contributed by atoms with E-state index >= 15 is 0 Å². The zero-order chi connectivity index (χ0) is 17.7. The number of aldehydes is 1. The van der Waals surface area contributed by atoms with Gasteiger partial charge in [-0.05, 0) is 44.5 Å². The van der Waals surface area contributed by atoms with Crippen LogP contribution in [-0.2, 0) is 0 Å². The molecule has 0 radical (unpaired) electrons. The summed E-state index contributed by atoms with van der Waals surface area (Å²) < 4.78 is 12.4. The molecule has 0 spiro atoms. The summed E-state index contributed by atoms with van der Waals surface area (Å²) in [5.41, 5.74) is 4.37. The van der Waals surface area contributed by atoms with Gasteiger partial charge in [-0.3, -0.25) is 4.79 Å². The fourth-order valence-electron chi connectivity index (χ4n) is 2.35. The molecule has 1 aromatic heterocycles. The van der Waals surface area contributed by atoms with Gasteiger partial charge in [0.2, 0.25) is 0 Å². The molecule has 2 aromatic rings. The Balaban J connectivity index is 2.57. The Morgan fingerprint density at radius 3 is 2.38 bits per heavy atom. The molecule has 2 rings (SSSR count). The van der Waals surface area contributed by atoms with E-state index in [1.54, 1.807) is 25.0 Å². The molecule has 0 aliphatic heterocycles. The van der Waals surface area contributed by atoms with Gasteiger partial charge in [0.05, 0.1) is 14.2 Å². The molecule has 5 heteroatoms. The second kappa shape index (κ2) is 7.64. The van der Waals surface area contributed by atoms with Gasteiger partial charge in [-0.25, -0.2) is 4.68 Å². The first-order valence-electron chi connectivity index (χ1n) is 7.59. The Morgan fingerprint density at radius 2 is 1.83 bits per heavy atom. The smallest absolute Gasteiger partial charge is 0.170 e. The first-order chi connectivity index (χ1) is 11.5. The second-order valence-corrected chi connectivity index (χ2v) is 5.65. The third-order valence-corrected chi connectivity index (χ3v) is 3.48. The van der Waals surface area contributed by atoms with Crippen LogP contribution in [0, 0.1) is 6.92 Å². The maximum atomic E-state index is 10.9. The van der Waals surface area contributed by atoms with Crippen LogP contribution in [0.25, 0.3) is 11.8 Å². The predicted octanol–water partition coefficient (Wildman–Crippen LogP) is 3.99. The zero-order valence-corrected chi connectivity index (χ0v) is 14.7. The fraction of sp³-hybridized carbons (Fsp3) is 0.263. The largest absolute Gasteiger partial charge is 0.493 e. The summed E-state index contributed by atoms with van der Waals surface area (Å²) in [6.45, 7) is 5.97. The normalized spacial score (nSPS) is 11.1. The van der Waals surface area contributed by atoms with E-state index in [1.165, 1.54) is 0 Å². The highest BCUT2D eigenvalue weighted by Crippen LogP contribution is 2.31. The summed E-state index contributed by atoms with van der Waals surface area (Å²) in [6, 6.07) is 7.50. The van der Waals surface area contributed by atoms with E-state index in [0.29, 0.717) is 17.2 Å². The summed E-state index contributed by atoms with van der Waals surface area (Å²) >= 11 is 0. The maximum absolute atomic E-state index is 10.9. The van der Waals surface area contributed by atoms with Crippen LogP contribution in [0.15, 0.2) is 35.9 Å². The lowest BCUT2D eigenvalue weighted by Gasteiger charge is -2.11. The van der Waals surface area contributed by atoms with Crippen molar-refractivity contribution in [2.45, 2.75) is 20.8 Å². The van der Waals surface area contributed by atoms with Crippen molar-refractivity contribution in [1.29, 1.82) is 0 Å². The number of carbonyl (C=O) groups excluding carboxylic acids is 1. The number of hydrogen-bond acceptors (Lipinski definition) is 4. The van der Waals surface area contributed by atoms with Gasteiger partial charge >= 0.3 is 0 Å². The van der Waals surface area contributed by atoms with Gasteiger partial charge in [0.1, 0.15) is 5.69 Å². The van der Waals surface area contributed by atoms with Gasteiger partial charge in [0, 0.05) is 17.5 Å². The van der Waals surface area contributed by atoms with Crippen LogP contribution in [0.2, 0.25) is 0 Å². The fourth-order valence-corrected chi connectivity index (χ4v) is 2.35. The summed E-state index contributed by atoms with van der Waals surface area (Å²) in [7, 11) is 3.22. The first kappa shape index (κ1) is 17.5. The van der Waals surface area contributed by atoms with Gasteiger partial charge in [-0.15, -0.1) is 0 Å². The minimum atomic E-state index is 0.410. The van der Waals surface area contributed by atoms with Gasteiger partial charge < -0.3 is 9.47 Å². The summed E-state index contributed by atoms with van der Waals surface area (Å²) in [4.78, 5) is 10.9. The Bertz CT molecular complexity index is 797. The molecule has 0 unspecified atom stereocenters. The van der Waals surface area contributed by atoms with Gasteiger partial charge in [0.15, 0.2) is 17.8 Å². The third kappa shape index (κ3) is 3.93. The topological polar surface area (TPSA) is 53.4 Å². The molecule has 1 heterocycles. The predicted molar refractivity (Wildman–Crippen MR) is 95.5 cm³/mol. The Hall–Kier alpha value is -2.82. The van der Waals surface area contributed by atoms with E-state index in [2.05, 4.69) is 11.2 Å². The molecule has 5 nitrogen and oxygen atoms in total. The van der Waals surface area contributed by atoms with Crippen molar-refractivity contribution in [2.75, 3.05) is 14.2 Å². The van der Waals surface area contributed by atoms with Crippen LogP contribution in [0.3, 0.4) is 0 Å². The molecule has 126 valence electrons. The van der Waals surface area contributed by atoms with Gasteiger partial charge in [0.25, 0.3) is 0 Å². The lowest BCUT2D eigenvalue weighted by Crippen LogP contribution is -1.96. The number of rotatable bonds is 6. The number of methoxy groups -OCH3 is 2. The van der Waals surface area contributed by atoms with Crippen LogP contribution >= 0.6 is 0 Å². The number of benzene rings is 1. The molecule has 0 aliphatic carbocycles. The standard InChI is InChI=1S/C19H22N2O3/c1-13(2)8-16(11-21-14(3)9-17(12-22)20-21)15-6-7-18(23-4)19(10-15)24-5/h6-12H,1-5H3/b16-11+. The molecule has 0 bridgehead atoms. The zero-order valence-electron chi connectivity index (χ0n) is 14.7. The van der Waals surface area contributed by atoms with E-state index in [9.17, 15) is 4.79 Å². The van der Waals surface area contributed by atoms with Crippen molar-refractivity contribution in [3.63, 3.8) is 0 Å². The second-order valence-electron chi connectivity index (χ2n) is 5.65. The first-order valence-corrected chi connectivity index (χ1v) is 7.59. The highest BCUT2D eigenvalue weighted by molar-refractivity contribution is 5.84. The highest BCUT2D eigenvalue weighted by Gasteiger charge is 2.09. The van der Waals surface area contributed by atoms with Crippen LogP contribution < -0.4 is 9.47 Å². The van der Waals surface area contributed by atoms with Crippen molar-refractivity contribution in [1.82, 2.24) is 9.78 Å². The number of carbonyl (C=O) groups is 1. The van der Waals surface area contributed by atoms with Crippen molar-refractivity contribution < 1.29 is 14.3 Å². The van der Waals surface area contributed by atoms with E-state index in [-0.39, 0.29) is 0 Å². The maximum Gasteiger partial charge on any atom is 0.170 e. The summed E-state index contributed by atoms with van der Waals surface area (Å²) in [5, 5.41) is 4.26. The summed E-state index contributed by atoms with van der Waals surface area (Å²) in [5.74, 6) is 1.34. The molecule has 0 fully saturated rings. The average Bonchev–Trinajstić information content (AvgIpc) is 2.93. The monoisotopic (exact) mass is 326 g/mol. The van der Waals surface area contributed by atoms with Crippen LogP contribution in [-0.4, -0.2) is 30.3 Å². The molecule has 0 amide bonds. The molecule has 0 atom stereocenters. The molecule has 0 saturated heterocycles. The average molecular weight is 326 g/mol. The molecular formula is C19H22N2O3. The van der Waals surface area contributed by atoms with Gasteiger partial charge in [-0.1, -0.05) is 17.7 Å². The molecule has 0 N–H and O–H groups in total. The van der Waals surface area contributed by atoms with E-state index in [1.807, 2.05) is 45.2 Å². The minimum absolute atomic E-state index is 0.410. The number of allylic oxidation sites excluding steroid dienone is 3. The SMILES string of the molecule is COc1ccc(/C(C=C(C)C)=C/n2nc(C=O)cc2C)cc1OC.